The lowest BCUT2D eigenvalue weighted by molar-refractivity contribution is 0.101. The second-order valence-electron chi connectivity index (χ2n) is 4.83. The van der Waals surface area contributed by atoms with Crippen molar-refractivity contribution in [2.45, 2.75) is 6.92 Å². The molecule has 5 heteroatoms. The number of para-hydroxylation sites is 1. The fraction of sp³-hybridized carbons (Fsp3) is 0.0588. The Bertz CT molecular complexity index is 827. The van der Waals surface area contributed by atoms with Crippen LogP contribution in [0.25, 0.3) is 11.3 Å². The third-order valence-electron chi connectivity index (χ3n) is 3.28. The van der Waals surface area contributed by atoms with E-state index in [4.69, 9.17) is 4.52 Å². The van der Waals surface area contributed by atoms with Gasteiger partial charge in [-0.15, -0.1) is 0 Å². The van der Waals surface area contributed by atoms with Gasteiger partial charge in [0.05, 0.1) is 5.69 Å². The first-order valence-corrected chi connectivity index (χ1v) is 6.74. The third-order valence-corrected chi connectivity index (χ3v) is 3.28. The highest BCUT2D eigenvalue weighted by Gasteiger charge is 2.16. The number of benzene rings is 2. The molecule has 0 aliphatic heterocycles. The molecule has 4 nitrogen and oxygen atoms in total. The molecule has 3 aromatic rings. The summed E-state index contributed by atoms with van der Waals surface area (Å²) in [5.41, 5.74) is 2.08. The van der Waals surface area contributed by atoms with E-state index in [1.807, 2.05) is 31.2 Å². The molecule has 3 rings (SSSR count). The van der Waals surface area contributed by atoms with E-state index in [0.717, 1.165) is 11.1 Å². The maximum Gasteiger partial charge on any atom is 0.277 e. The van der Waals surface area contributed by atoms with Crippen molar-refractivity contribution in [2.75, 3.05) is 5.32 Å². The molecule has 0 fully saturated rings. The van der Waals surface area contributed by atoms with Crippen molar-refractivity contribution >= 4 is 11.6 Å². The van der Waals surface area contributed by atoms with Crippen LogP contribution in [0.3, 0.4) is 0 Å². The molecule has 0 unspecified atom stereocenters. The topological polar surface area (TPSA) is 55.1 Å². The highest BCUT2D eigenvalue weighted by atomic mass is 19.1. The highest BCUT2D eigenvalue weighted by Crippen LogP contribution is 2.24. The molecule has 0 radical (unpaired) electrons. The summed E-state index contributed by atoms with van der Waals surface area (Å²) in [6.45, 7) is 1.94. The summed E-state index contributed by atoms with van der Waals surface area (Å²) in [7, 11) is 0. The minimum Gasteiger partial charge on any atom is -0.355 e. The molecule has 0 saturated carbocycles. The van der Waals surface area contributed by atoms with Crippen molar-refractivity contribution < 1.29 is 13.7 Å². The van der Waals surface area contributed by atoms with Crippen LogP contribution in [0.1, 0.15) is 16.1 Å². The molecule has 22 heavy (non-hydrogen) atoms. The van der Waals surface area contributed by atoms with Gasteiger partial charge in [-0.2, -0.15) is 0 Å². The van der Waals surface area contributed by atoms with Gasteiger partial charge in [-0.05, 0) is 24.6 Å². The average molecular weight is 296 g/mol. The standard InChI is InChI=1S/C17H13FN2O2/c1-11-6-2-3-7-12(11)16-10-15(20-22-16)17(21)19-14-9-5-4-8-13(14)18/h2-10H,1H3,(H,19,21). The van der Waals surface area contributed by atoms with Crippen LogP contribution in [-0.4, -0.2) is 11.1 Å². The van der Waals surface area contributed by atoms with Crippen LogP contribution in [0.5, 0.6) is 0 Å². The zero-order valence-corrected chi connectivity index (χ0v) is 11.8. The Morgan fingerprint density at radius 3 is 2.64 bits per heavy atom. The van der Waals surface area contributed by atoms with Crippen LogP contribution in [0.2, 0.25) is 0 Å². The lowest BCUT2D eigenvalue weighted by Crippen LogP contribution is -2.13. The number of amides is 1. The predicted octanol–water partition coefficient (Wildman–Crippen LogP) is 4.04. The number of nitrogens with zero attached hydrogens (tertiary/aromatic N) is 1. The largest absolute Gasteiger partial charge is 0.355 e. The van der Waals surface area contributed by atoms with Gasteiger partial charge in [0.2, 0.25) is 0 Å². The first-order valence-electron chi connectivity index (χ1n) is 6.74. The Morgan fingerprint density at radius 1 is 1.14 bits per heavy atom. The molecule has 110 valence electrons. The SMILES string of the molecule is Cc1ccccc1-c1cc(C(=O)Nc2ccccc2F)no1. The van der Waals surface area contributed by atoms with Crippen molar-refractivity contribution in [2.24, 2.45) is 0 Å². The molecule has 0 spiro atoms. The molecule has 0 bridgehead atoms. The fourth-order valence-corrected chi connectivity index (χ4v) is 2.11. The number of aromatic nitrogens is 1. The van der Waals surface area contributed by atoms with Crippen LogP contribution in [0.15, 0.2) is 59.1 Å². The Balaban J connectivity index is 1.84. The lowest BCUT2D eigenvalue weighted by atomic mass is 10.1. The fourth-order valence-electron chi connectivity index (χ4n) is 2.11. The molecule has 2 aromatic carbocycles. The van der Waals surface area contributed by atoms with E-state index < -0.39 is 11.7 Å². The van der Waals surface area contributed by atoms with Crippen LogP contribution < -0.4 is 5.32 Å². The van der Waals surface area contributed by atoms with Gasteiger partial charge in [0, 0.05) is 11.6 Å². The zero-order valence-electron chi connectivity index (χ0n) is 11.8. The average Bonchev–Trinajstić information content (AvgIpc) is 3.00. The number of aryl methyl sites for hydroxylation is 1. The molecule has 1 heterocycles. The van der Waals surface area contributed by atoms with Crippen LogP contribution in [0.4, 0.5) is 10.1 Å². The number of nitrogens with one attached hydrogen (secondary N) is 1. The number of rotatable bonds is 3. The molecule has 0 saturated heterocycles. The van der Waals surface area contributed by atoms with E-state index >= 15 is 0 Å². The Hall–Kier alpha value is -2.95. The van der Waals surface area contributed by atoms with E-state index in [9.17, 15) is 9.18 Å². The van der Waals surface area contributed by atoms with Crippen molar-refractivity contribution in [1.82, 2.24) is 5.16 Å². The predicted molar refractivity (Wildman–Crippen MR) is 81.0 cm³/mol. The minimum absolute atomic E-state index is 0.0986. The number of halogens is 1. The molecule has 1 N–H and O–H groups in total. The highest BCUT2D eigenvalue weighted by molar-refractivity contribution is 6.03. The minimum atomic E-state index is -0.520. The van der Waals surface area contributed by atoms with E-state index in [0.29, 0.717) is 5.76 Å². The van der Waals surface area contributed by atoms with Gasteiger partial charge in [-0.3, -0.25) is 4.79 Å². The summed E-state index contributed by atoms with van der Waals surface area (Å²) in [6, 6.07) is 15.1. The Kier molecular flexibility index (Phi) is 3.70. The van der Waals surface area contributed by atoms with Crippen molar-refractivity contribution in [3.63, 3.8) is 0 Å². The number of carbonyl (C=O) groups is 1. The molecule has 0 aliphatic rings. The van der Waals surface area contributed by atoms with Crippen molar-refractivity contribution in [1.29, 1.82) is 0 Å². The van der Waals surface area contributed by atoms with Crippen molar-refractivity contribution in [3.05, 3.63) is 71.7 Å². The summed E-state index contributed by atoms with van der Waals surface area (Å²) < 4.78 is 18.7. The van der Waals surface area contributed by atoms with Gasteiger partial charge in [0.25, 0.3) is 5.91 Å². The summed E-state index contributed by atoms with van der Waals surface area (Å²) in [4.78, 5) is 12.1. The van der Waals surface area contributed by atoms with Crippen molar-refractivity contribution in [3.8, 4) is 11.3 Å². The van der Waals surface area contributed by atoms with Gasteiger partial charge in [-0.1, -0.05) is 41.6 Å². The Morgan fingerprint density at radius 2 is 1.86 bits per heavy atom. The maximum atomic E-state index is 13.5. The zero-order chi connectivity index (χ0) is 15.5. The Labute approximate surface area is 126 Å². The number of anilines is 1. The molecule has 0 atom stereocenters. The second-order valence-corrected chi connectivity index (χ2v) is 4.83. The van der Waals surface area contributed by atoms with Gasteiger partial charge < -0.3 is 9.84 Å². The first kappa shape index (κ1) is 14.0. The first-order chi connectivity index (χ1) is 10.6. The molecule has 0 aliphatic carbocycles. The van der Waals surface area contributed by atoms with Crippen LogP contribution >= 0.6 is 0 Å². The van der Waals surface area contributed by atoms with Gasteiger partial charge in [0.1, 0.15) is 5.82 Å². The third kappa shape index (κ3) is 2.74. The quantitative estimate of drug-likeness (QED) is 0.793. The monoisotopic (exact) mass is 296 g/mol. The number of hydrogen-bond donors (Lipinski definition) is 1. The second kappa shape index (κ2) is 5.81. The molecule has 1 aromatic heterocycles. The smallest absolute Gasteiger partial charge is 0.277 e. The summed E-state index contributed by atoms with van der Waals surface area (Å²) in [5, 5.41) is 6.22. The van der Waals surface area contributed by atoms with Gasteiger partial charge >= 0.3 is 0 Å². The molecule has 1 amide bonds. The normalized spacial score (nSPS) is 10.5. The van der Waals surface area contributed by atoms with E-state index in [-0.39, 0.29) is 11.4 Å². The van der Waals surface area contributed by atoms with E-state index in [1.54, 1.807) is 18.2 Å². The number of hydrogen-bond acceptors (Lipinski definition) is 3. The summed E-state index contributed by atoms with van der Waals surface area (Å²) in [6.07, 6.45) is 0. The number of carbonyl (C=O) groups excluding carboxylic acids is 1. The summed E-state index contributed by atoms with van der Waals surface area (Å²) in [5.74, 6) is -0.524. The summed E-state index contributed by atoms with van der Waals surface area (Å²) >= 11 is 0. The van der Waals surface area contributed by atoms with Crippen LogP contribution in [-0.2, 0) is 0 Å². The van der Waals surface area contributed by atoms with Gasteiger partial charge in [-0.25, -0.2) is 4.39 Å². The molecular weight excluding hydrogens is 283 g/mol. The van der Waals surface area contributed by atoms with E-state index in [1.165, 1.54) is 12.1 Å². The van der Waals surface area contributed by atoms with Crippen LogP contribution in [0, 0.1) is 12.7 Å². The van der Waals surface area contributed by atoms with E-state index in [2.05, 4.69) is 10.5 Å². The maximum absolute atomic E-state index is 13.5. The van der Waals surface area contributed by atoms with Gasteiger partial charge in [0.15, 0.2) is 11.5 Å². The lowest BCUT2D eigenvalue weighted by Gasteiger charge is -2.03. The molecular formula is C17H13FN2O2.